The third-order valence-electron chi connectivity index (χ3n) is 6.46. The average molecular weight is 519 g/mol. The Labute approximate surface area is 209 Å². The lowest BCUT2D eigenvalue weighted by Gasteiger charge is -2.32. The van der Waals surface area contributed by atoms with Gasteiger partial charge in [0.05, 0.1) is 28.3 Å². The highest BCUT2D eigenvalue weighted by Crippen LogP contribution is 2.35. The van der Waals surface area contributed by atoms with Gasteiger partial charge >= 0.3 is 0 Å². The van der Waals surface area contributed by atoms with Gasteiger partial charge in [-0.2, -0.15) is 0 Å². The molecule has 0 aliphatic carbocycles. The third kappa shape index (κ3) is 5.59. The molecule has 3 aliphatic heterocycles. The minimum Gasteiger partial charge on any atom is -0.349 e. The molecule has 2 fully saturated rings. The van der Waals surface area contributed by atoms with Gasteiger partial charge in [-0.1, -0.05) is 53.7 Å². The van der Waals surface area contributed by atoms with Crippen molar-refractivity contribution in [3.05, 3.63) is 64.7 Å². The number of carbonyl (C=O) groups is 1. The Hall–Kier alpha value is -2.07. The number of rotatable bonds is 5. The van der Waals surface area contributed by atoms with E-state index in [2.05, 4.69) is 44.8 Å². The zero-order chi connectivity index (χ0) is 23.7. The maximum atomic E-state index is 12.9. The molecule has 2 N–H and O–H groups in total. The molecule has 10 heteroatoms. The standard InChI is InChI=1S/C24H27ClN4O3S2/c25-19-7-6-17(12-20(19)27-24-28-21-14-34(31,32)15-22(21)33-24)23(30)26-18-8-10-29(11-9-18)13-16-4-2-1-3-5-16/h1-7,12,18,21-22H,8-11,13-15H2,(H,26,30)(H,27,28)/t21-,22+/m0/s1. The molecule has 0 unspecified atom stereocenters. The predicted molar refractivity (Wildman–Crippen MR) is 139 cm³/mol. The topological polar surface area (TPSA) is 90.9 Å². The van der Waals surface area contributed by atoms with Gasteiger partial charge in [-0.05, 0) is 36.6 Å². The summed E-state index contributed by atoms with van der Waals surface area (Å²) in [7, 11) is -3.00. The van der Waals surface area contributed by atoms with Gasteiger partial charge in [-0.25, -0.2) is 8.42 Å². The number of hydrogen-bond donors (Lipinski definition) is 2. The maximum absolute atomic E-state index is 12.9. The Balaban J connectivity index is 1.16. The van der Waals surface area contributed by atoms with Crippen molar-refractivity contribution in [2.24, 2.45) is 4.99 Å². The fraction of sp³-hybridized carbons (Fsp3) is 0.417. The van der Waals surface area contributed by atoms with Crippen molar-refractivity contribution in [1.82, 2.24) is 10.2 Å². The molecule has 2 atom stereocenters. The first-order valence-electron chi connectivity index (χ1n) is 11.4. The van der Waals surface area contributed by atoms with E-state index in [4.69, 9.17) is 11.6 Å². The molecule has 0 saturated carbocycles. The lowest BCUT2D eigenvalue weighted by Crippen LogP contribution is -2.44. The number of halogens is 1. The number of nitrogens with zero attached hydrogens (tertiary/aromatic N) is 2. The Bertz CT molecular complexity index is 1200. The van der Waals surface area contributed by atoms with Gasteiger partial charge in [-0.15, -0.1) is 0 Å². The highest BCUT2D eigenvalue weighted by molar-refractivity contribution is 8.15. The average Bonchev–Trinajstić information content (AvgIpc) is 3.29. The lowest BCUT2D eigenvalue weighted by atomic mass is 10.0. The predicted octanol–water partition coefficient (Wildman–Crippen LogP) is 3.41. The van der Waals surface area contributed by atoms with Crippen LogP contribution in [0.25, 0.3) is 0 Å². The second-order valence-electron chi connectivity index (χ2n) is 9.06. The second-order valence-corrected chi connectivity index (χ2v) is 12.9. The van der Waals surface area contributed by atoms with Crippen LogP contribution in [0.3, 0.4) is 0 Å². The van der Waals surface area contributed by atoms with Gasteiger partial charge < -0.3 is 10.6 Å². The van der Waals surface area contributed by atoms with Crippen LogP contribution in [0.15, 0.2) is 53.5 Å². The number of likely N-dealkylation sites (tertiary alicyclic amines) is 1. The van der Waals surface area contributed by atoms with Crippen LogP contribution in [0.5, 0.6) is 0 Å². The number of carbonyl (C=O) groups excluding carboxylic acids is 1. The molecule has 0 aromatic heterocycles. The Morgan fingerprint density at radius 1 is 1.12 bits per heavy atom. The molecule has 180 valence electrons. The van der Waals surface area contributed by atoms with Crippen molar-refractivity contribution in [3.63, 3.8) is 0 Å². The summed E-state index contributed by atoms with van der Waals surface area (Å²) in [5, 5.41) is 7.44. The van der Waals surface area contributed by atoms with E-state index in [-0.39, 0.29) is 34.7 Å². The summed E-state index contributed by atoms with van der Waals surface area (Å²) in [6.45, 7) is 2.83. The molecular weight excluding hydrogens is 492 g/mol. The first-order valence-corrected chi connectivity index (χ1v) is 14.5. The van der Waals surface area contributed by atoms with E-state index in [9.17, 15) is 13.2 Å². The van der Waals surface area contributed by atoms with Crippen molar-refractivity contribution >= 4 is 50.0 Å². The smallest absolute Gasteiger partial charge is 0.251 e. The van der Waals surface area contributed by atoms with Crippen LogP contribution in [0.4, 0.5) is 5.69 Å². The summed E-state index contributed by atoms with van der Waals surface area (Å²) in [5.41, 5.74) is 2.44. The Morgan fingerprint density at radius 3 is 2.62 bits per heavy atom. The summed E-state index contributed by atoms with van der Waals surface area (Å²) in [4.78, 5) is 19.9. The third-order valence-corrected chi connectivity index (χ3v) is 9.93. The summed E-state index contributed by atoms with van der Waals surface area (Å²) >= 11 is 7.79. The van der Waals surface area contributed by atoms with Crippen LogP contribution in [0, 0.1) is 0 Å². The zero-order valence-corrected chi connectivity index (χ0v) is 21.0. The van der Waals surface area contributed by atoms with Crippen molar-refractivity contribution in [1.29, 1.82) is 0 Å². The number of fused-ring (bicyclic) bond motifs is 1. The number of sulfone groups is 1. The monoisotopic (exact) mass is 518 g/mol. The number of hydrogen-bond acceptors (Lipinski definition) is 7. The quantitative estimate of drug-likeness (QED) is 0.630. The largest absolute Gasteiger partial charge is 0.349 e. The number of aliphatic imine (C=N–C) groups is 1. The van der Waals surface area contributed by atoms with Crippen LogP contribution < -0.4 is 10.6 Å². The molecule has 0 spiro atoms. The number of amidine groups is 1. The van der Waals surface area contributed by atoms with Crippen molar-refractivity contribution in [2.75, 3.05) is 29.9 Å². The van der Waals surface area contributed by atoms with Crippen LogP contribution >= 0.6 is 23.4 Å². The molecule has 5 rings (SSSR count). The first-order chi connectivity index (χ1) is 16.3. The number of piperidine rings is 1. The second kappa shape index (κ2) is 9.89. The normalized spacial score (nSPS) is 24.4. The van der Waals surface area contributed by atoms with Crippen LogP contribution in [-0.4, -0.2) is 66.3 Å². The van der Waals surface area contributed by atoms with E-state index >= 15 is 0 Å². The molecule has 0 radical (unpaired) electrons. The summed E-state index contributed by atoms with van der Waals surface area (Å²) in [5.74, 6) is 0.123. The molecule has 0 bridgehead atoms. The van der Waals surface area contributed by atoms with Crippen LogP contribution in [0.2, 0.25) is 5.02 Å². The van der Waals surface area contributed by atoms with E-state index in [1.807, 2.05) is 6.07 Å². The van der Waals surface area contributed by atoms with Gasteiger partial charge in [-0.3, -0.25) is 14.7 Å². The minimum atomic E-state index is -3.00. The van der Waals surface area contributed by atoms with Crippen LogP contribution in [-0.2, 0) is 16.4 Å². The lowest BCUT2D eigenvalue weighted by molar-refractivity contribution is 0.0909. The molecular formula is C24H27ClN4O3S2. The number of thioether (sulfide) groups is 1. The molecule has 2 saturated heterocycles. The van der Waals surface area contributed by atoms with Crippen molar-refractivity contribution < 1.29 is 13.2 Å². The minimum absolute atomic E-state index is 0.0504. The van der Waals surface area contributed by atoms with E-state index in [0.29, 0.717) is 21.4 Å². The van der Waals surface area contributed by atoms with E-state index < -0.39 is 9.84 Å². The molecule has 2 aromatic carbocycles. The van der Waals surface area contributed by atoms with Gasteiger partial charge in [0.2, 0.25) is 0 Å². The number of anilines is 1. The number of amides is 1. The molecule has 7 nitrogen and oxygen atoms in total. The Morgan fingerprint density at radius 2 is 1.88 bits per heavy atom. The van der Waals surface area contributed by atoms with Crippen molar-refractivity contribution in [3.8, 4) is 0 Å². The molecule has 1 amide bonds. The highest BCUT2D eigenvalue weighted by atomic mass is 35.5. The summed E-state index contributed by atoms with van der Waals surface area (Å²) < 4.78 is 23.6. The van der Waals surface area contributed by atoms with Gasteiger partial charge in [0.15, 0.2) is 15.0 Å². The molecule has 3 heterocycles. The van der Waals surface area contributed by atoms with E-state index in [1.165, 1.54) is 17.3 Å². The van der Waals surface area contributed by atoms with Gasteiger partial charge in [0.25, 0.3) is 5.91 Å². The molecule has 34 heavy (non-hydrogen) atoms. The number of benzene rings is 2. The summed E-state index contributed by atoms with van der Waals surface area (Å²) in [6.07, 6.45) is 1.83. The summed E-state index contributed by atoms with van der Waals surface area (Å²) in [6, 6.07) is 15.5. The van der Waals surface area contributed by atoms with Crippen LogP contribution in [0.1, 0.15) is 28.8 Å². The van der Waals surface area contributed by atoms with E-state index in [0.717, 1.165) is 32.5 Å². The molecule has 3 aliphatic rings. The first kappa shape index (κ1) is 23.7. The fourth-order valence-electron chi connectivity index (χ4n) is 4.64. The maximum Gasteiger partial charge on any atom is 0.251 e. The zero-order valence-electron chi connectivity index (χ0n) is 18.6. The van der Waals surface area contributed by atoms with Gasteiger partial charge in [0.1, 0.15) is 0 Å². The van der Waals surface area contributed by atoms with Crippen molar-refractivity contribution in [2.45, 2.75) is 36.7 Å². The Kier molecular flexibility index (Phi) is 6.88. The fourth-order valence-corrected chi connectivity index (χ4v) is 8.47. The molecule has 2 aromatic rings. The highest BCUT2D eigenvalue weighted by Gasteiger charge is 2.42. The van der Waals surface area contributed by atoms with Gasteiger partial charge in [0, 0.05) is 36.5 Å². The van der Waals surface area contributed by atoms with E-state index in [1.54, 1.807) is 18.2 Å². The SMILES string of the molecule is O=C(NC1CCN(Cc2ccccc2)CC1)c1ccc(Cl)c(NC2=N[C@H]3CS(=O)(=O)C[C@H]3S2)c1. The number of nitrogens with one attached hydrogen (secondary N) is 2.